The molecule has 0 aliphatic carbocycles. The van der Waals surface area contributed by atoms with Crippen LogP contribution in [0.15, 0.2) is 42.5 Å². The Morgan fingerprint density at radius 1 is 1.07 bits per heavy atom. The molecule has 2 aromatic carbocycles. The second-order valence-corrected chi connectivity index (χ2v) is 7.29. The Bertz CT molecular complexity index is 923. The quantitative estimate of drug-likeness (QED) is 0.673. The summed E-state index contributed by atoms with van der Waals surface area (Å²) in [7, 11) is 0. The molecule has 142 valence electrons. The molecular formula is C20H22F2N3OS+. The molecule has 27 heavy (non-hydrogen) atoms. The van der Waals surface area contributed by atoms with Gasteiger partial charge in [0.15, 0.2) is 5.13 Å². The largest absolute Gasteiger partial charge is 0.334 e. The van der Waals surface area contributed by atoms with Crippen LogP contribution in [0.4, 0.5) is 13.9 Å². The van der Waals surface area contributed by atoms with Crippen LogP contribution in [0.1, 0.15) is 24.2 Å². The number of thiazole rings is 1. The van der Waals surface area contributed by atoms with E-state index in [-0.39, 0.29) is 17.5 Å². The maximum absolute atomic E-state index is 13.5. The Balaban J connectivity index is 1.94. The van der Waals surface area contributed by atoms with Crippen molar-refractivity contribution in [1.82, 2.24) is 4.98 Å². The maximum atomic E-state index is 13.5. The second kappa shape index (κ2) is 8.54. The third-order valence-corrected chi connectivity index (χ3v) is 5.64. The van der Waals surface area contributed by atoms with Gasteiger partial charge in [-0.3, -0.25) is 9.69 Å². The molecule has 0 fully saturated rings. The Hall–Kier alpha value is -2.38. The van der Waals surface area contributed by atoms with E-state index in [1.807, 2.05) is 0 Å². The number of quaternary nitrogens is 1. The second-order valence-electron chi connectivity index (χ2n) is 6.28. The minimum absolute atomic E-state index is 0.235. The molecule has 0 saturated heterocycles. The SMILES string of the molecule is CC[NH+](CC)CCN(C(=O)c1ccc(F)cc1)c1nc2ccc(F)cc2s1. The molecule has 0 saturated carbocycles. The summed E-state index contributed by atoms with van der Waals surface area (Å²) in [4.78, 5) is 20.6. The molecule has 4 nitrogen and oxygen atoms in total. The number of carbonyl (C=O) groups excluding carboxylic acids is 1. The molecule has 0 radical (unpaired) electrons. The Labute approximate surface area is 161 Å². The number of hydrogen-bond acceptors (Lipinski definition) is 3. The summed E-state index contributed by atoms with van der Waals surface area (Å²) in [6, 6.07) is 9.89. The van der Waals surface area contributed by atoms with E-state index in [0.717, 1.165) is 19.6 Å². The van der Waals surface area contributed by atoms with E-state index in [1.165, 1.54) is 52.6 Å². The number of nitrogens with zero attached hydrogens (tertiary/aromatic N) is 2. The lowest BCUT2D eigenvalue weighted by Crippen LogP contribution is -3.12. The average molecular weight is 390 g/mol. The summed E-state index contributed by atoms with van der Waals surface area (Å²) in [5.74, 6) is -0.955. The van der Waals surface area contributed by atoms with Crippen molar-refractivity contribution in [3.05, 3.63) is 59.7 Å². The van der Waals surface area contributed by atoms with E-state index in [2.05, 4.69) is 18.8 Å². The van der Waals surface area contributed by atoms with E-state index in [1.54, 1.807) is 11.0 Å². The molecule has 3 rings (SSSR count). The first kappa shape index (κ1) is 19.4. The Kier molecular flexibility index (Phi) is 6.13. The molecule has 0 spiro atoms. The number of halogens is 2. The maximum Gasteiger partial charge on any atom is 0.260 e. The fourth-order valence-electron chi connectivity index (χ4n) is 2.91. The van der Waals surface area contributed by atoms with Crippen molar-refractivity contribution in [3.8, 4) is 0 Å². The van der Waals surface area contributed by atoms with E-state index >= 15 is 0 Å². The third kappa shape index (κ3) is 4.48. The number of rotatable bonds is 7. The van der Waals surface area contributed by atoms with Crippen LogP contribution in [0.3, 0.4) is 0 Å². The minimum Gasteiger partial charge on any atom is -0.334 e. The fraction of sp³-hybridized carbons (Fsp3) is 0.300. The van der Waals surface area contributed by atoms with E-state index in [4.69, 9.17) is 0 Å². The normalized spacial score (nSPS) is 11.3. The zero-order valence-corrected chi connectivity index (χ0v) is 16.2. The summed E-state index contributed by atoms with van der Waals surface area (Å²) in [5.41, 5.74) is 1.06. The monoisotopic (exact) mass is 390 g/mol. The number of hydrogen-bond donors (Lipinski definition) is 1. The van der Waals surface area contributed by atoms with E-state index in [9.17, 15) is 13.6 Å². The predicted octanol–water partition coefficient (Wildman–Crippen LogP) is 3.15. The van der Waals surface area contributed by atoms with Crippen LogP contribution in [0.5, 0.6) is 0 Å². The summed E-state index contributed by atoms with van der Waals surface area (Å²) in [6.45, 7) is 7.37. The number of fused-ring (bicyclic) bond motifs is 1. The highest BCUT2D eigenvalue weighted by Crippen LogP contribution is 2.30. The molecule has 0 aliphatic heterocycles. The fourth-order valence-corrected chi connectivity index (χ4v) is 3.92. The van der Waals surface area contributed by atoms with Gasteiger partial charge in [-0.05, 0) is 56.3 Å². The molecular weight excluding hydrogens is 368 g/mol. The van der Waals surface area contributed by atoms with Gasteiger partial charge in [-0.15, -0.1) is 0 Å². The molecule has 1 heterocycles. The van der Waals surface area contributed by atoms with Gasteiger partial charge in [0.1, 0.15) is 11.6 Å². The molecule has 0 unspecified atom stereocenters. The molecule has 1 aromatic heterocycles. The van der Waals surface area contributed by atoms with Crippen LogP contribution >= 0.6 is 11.3 Å². The lowest BCUT2D eigenvalue weighted by Gasteiger charge is -2.23. The van der Waals surface area contributed by atoms with Gasteiger partial charge in [-0.25, -0.2) is 13.8 Å². The van der Waals surface area contributed by atoms with Crippen LogP contribution in [-0.2, 0) is 0 Å². The smallest absolute Gasteiger partial charge is 0.260 e. The van der Waals surface area contributed by atoms with Crippen molar-refractivity contribution in [1.29, 1.82) is 0 Å². The Morgan fingerprint density at radius 3 is 2.41 bits per heavy atom. The summed E-state index contributed by atoms with van der Waals surface area (Å²) >= 11 is 1.28. The molecule has 7 heteroatoms. The number of nitrogens with one attached hydrogen (secondary N) is 1. The van der Waals surface area contributed by atoms with Crippen molar-refractivity contribution in [2.75, 3.05) is 31.1 Å². The van der Waals surface area contributed by atoms with Crippen LogP contribution in [0.2, 0.25) is 0 Å². The first-order valence-corrected chi connectivity index (χ1v) is 9.80. The number of likely N-dealkylation sites (N-methyl/N-ethyl adjacent to an activating group) is 1. The van der Waals surface area contributed by atoms with Crippen molar-refractivity contribution < 1.29 is 18.5 Å². The van der Waals surface area contributed by atoms with Crippen LogP contribution in [-0.4, -0.2) is 37.1 Å². The number of aromatic nitrogens is 1. The van der Waals surface area contributed by atoms with Crippen molar-refractivity contribution >= 4 is 32.6 Å². The molecule has 0 atom stereocenters. The van der Waals surface area contributed by atoms with Gasteiger partial charge in [0.2, 0.25) is 0 Å². The van der Waals surface area contributed by atoms with Crippen LogP contribution in [0.25, 0.3) is 10.2 Å². The number of carbonyl (C=O) groups is 1. The first-order chi connectivity index (χ1) is 13.0. The average Bonchev–Trinajstić information content (AvgIpc) is 3.08. The predicted molar refractivity (Wildman–Crippen MR) is 105 cm³/mol. The summed E-state index contributed by atoms with van der Waals surface area (Å²) in [6.07, 6.45) is 0. The van der Waals surface area contributed by atoms with Gasteiger partial charge in [0.05, 0.1) is 36.4 Å². The topological polar surface area (TPSA) is 37.6 Å². The van der Waals surface area contributed by atoms with Gasteiger partial charge in [-0.2, -0.15) is 0 Å². The van der Waals surface area contributed by atoms with Gasteiger partial charge >= 0.3 is 0 Å². The highest BCUT2D eigenvalue weighted by molar-refractivity contribution is 7.22. The number of benzene rings is 2. The number of amides is 1. The highest BCUT2D eigenvalue weighted by atomic mass is 32.1. The van der Waals surface area contributed by atoms with Gasteiger partial charge in [0.25, 0.3) is 5.91 Å². The highest BCUT2D eigenvalue weighted by Gasteiger charge is 2.23. The Morgan fingerprint density at radius 2 is 1.74 bits per heavy atom. The standard InChI is InChI=1S/C20H21F2N3OS/c1-3-24(4-2)11-12-25(19(26)14-5-7-15(21)8-6-14)20-23-17-10-9-16(22)13-18(17)27-20/h5-10,13H,3-4,11-12H2,1-2H3/p+1. The van der Waals surface area contributed by atoms with E-state index < -0.39 is 0 Å². The zero-order chi connectivity index (χ0) is 19.4. The summed E-state index contributed by atoms with van der Waals surface area (Å²) in [5, 5.41) is 0.525. The molecule has 0 bridgehead atoms. The van der Waals surface area contributed by atoms with Gasteiger partial charge in [0, 0.05) is 5.56 Å². The summed E-state index contributed by atoms with van der Waals surface area (Å²) < 4.78 is 27.4. The van der Waals surface area contributed by atoms with Crippen molar-refractivity contribution in [3.63, 3.8) is 0 Å². The zero-order valence-electron chi connectivity index (χ0n) is 15.3. The third-order valence-electron chi connectivity index (χ3n) is 4.60. The molecule has 1 N–H and O–H groups in total. The van der Waals surface area contributed by atoms with Crippen LogP contribution in [0, 0.1) is 11.6 Å². The lowest BCUT2D eigenvalue weighted by atomic mass is 10.2. The van der Waals surface area contributed by atoms with E-state index in [0.29, 0.717) is 27.5 Å². The van der Waals surface area contributed by atoms with Gasteiger partial charge < -0.3 is 4.90 Å². The van der Waals surface area contributed by atoms with Crippen LogP contribution < -0.4 is 9.80 Å². The number of anilines is 1. The molecule has 0 aliphatic rings. The van der Waals surface area contributed by atoms with Crippen molar-refractivity contribution in [2.24, 2.45) is 0 Å². The molecule has 3 aromatic rings. The molecule has 1 amide bonds. The lowest BCUT2D eigenvalue weighted by molar-refractivity contribution is -0.894. The minimum atomic E-state index is -0.388. The van der Waals surface area contributed by atoms with Gasteiger partial charge in [-0.1, -0.05) is 11.3 Å². The first-order valence-electron chi connectivity index (χ1n) is 8.99. The van der Waals surface area contributed by atoms with Crippen molar-refractivity contribution in [2.45, 2.75) is 13.8 Å².